The number of benzene rings is 2. The van der Waals surface area contributed by atoms with Crippen LogP contribution in [0.2, 0.25) is 0 Å². The molecule has 0 spiro atoms. The quantitative estimate of drug-likeness (QED) is 0.619. The molecule has 3 aromatic rings. The number of rotatable bonds is 4. The van der Waals surface area contributed by atoms with Gasteiger partial charge < -0.3 is 4.57 Å². The Morgan fingerprint density at radius 1 is 1.07 bits per heavy atom. The fourth-order valence-corrected chi connectivity index (χ4v) is 5.38. The SMILES string of the molecule is Cc1ccc(Br)cc1S(=O)(=O)Nc1ccccc1-c1nnc2n1CCCCC2. The zero-order valence-electron chi connectivity index (χ0n) is 15.5. The molecule has 0 saturated carbocycles. The number of hydrogen-bond donors (Lipinski definition) is 1. The summed E-state index contributed by atoms with van der Waals surface area (Å²) >= 11 is 3.35. The average molecular weight is 461 g/mol. The molecule has 0 bridgehead atoms. The Morgan fingerprint density at radius 3 is 2.75 bits per heavy atom. The van der Waals surface area contributed by atoms with Crippen LogP contribution >= 0.6 is 15.9 Å². The van der Waals surface area contributed by atoms with E-state index in [4.69, 9.17) is 0 Å². The van der Waals surface area contributed by atoms with Gasteiger partial charge in [-0.25, -0.2) is 8.42 Å². The van der Waals surface area contributed by atoms with Crippen molar-refractivity contribution < 1.29 is 8.42 Å². The van der Waals surface area contributed by atoms with E-state index in [9.17, 15) is 8.42 Å². The van der Waals surface area contributed by atoms with Gasteiger partial charge in [-0.05, 0) is 49.6 Å². The predicted molar refractivity (Wildman–Crippen MR) is 113 cm³/mol. The maximum absolute atomic E-state index is 13.1. The van der Waals surface area contributed by atoms with Gasteiger partial charge in [-0.3, -0.25) is 4.72 Å². The van der Waals surface area contributed by atoms with E-state index in [0.717, 1.165) is 41.7 Å². The highest BCUT2D eigenvalue weighted by molar-refractivity contribution is 9.10. The molecule has 4 rings (SSSR count). The maximum Gasteiger partial charge on any atom is 0.262 e. The van der Waals surface area contributed by atoms with Crippen LogP contribution in [0, 0.1) is 6.92 Å². The minimum Gasteiger partial charge on any atom is -0.311 e. The number of nitrogens with one attached hydrogen (secondary N) is 1. The van der Waals surface area contributed by atoms with Crippen LogP contribution in [0.1, 0.15) is 30.7 Å². The first kappa shape index (κ1) is 19.1. The molecule has 2 heterocycles. The third-order valence-corrected chi connectivity index (χ3v) is 6.96. The Balaban J connectivity index is 1.75. The predicted octanol–water partition coefficient (Wildman–Crippen LogP) is 4.54. The van der Waals surface area contributed by atoms with Gasteiger partial charge in [-0.2, -0.15) is 0 Å². The molecule has 1 N–H and O–H groups in total. The second-order valence-electron chi connectivity index (χ2n) is 6.96. The third-order valence-electron chi connectivity index (χ3n) is 4.96. The largest absolute Gasteiger partial charge is 0.311 e. The van der Waals surface area contributed by atoms with Gasteiger partial charge in [0.15, 0.2) is 5.82 Å². The van der Waals surface area contributed by atoms with Crippen LogP contribution in [0.5, 0.6) is 0 Å². The highest BCUT2D eigenvalue weighted by atomic mass is 79.9. The van der Waals surface area contributed by atoms with Crippen molar-refractivity contribution in [1.82, 2.24) is 14.8 Å². The van der Waals surface area contributed by atoms with E-state index >= 15 is 0 Å². The van der Waals surface area contributed by atoms with Crippen LogP contribution in [0.15, 0.2) is 51.8 Å². The number of anilines is 1. The Bertz CT molecular complexity index is 1120. The van der Waals surface area contributed by atoms with Crippen LogP contribution in [-0.4, -0.2) is 23.2 Å². The van der Waals surface area contributed by atoms with Crippen LogP contribution < -0.4 is 4.72 Å². The first-order valence-electron chi connectivity index (χ1n) is 9.26. The number of fused-ring (bicyclic) bond motifs is 1. The lowest BCUT2D eigenvalue weighted by atomic mass is 10.1. The van der Waals surface area contributed by atoms with Gasteiger partial charge in [-0.1, -0.05) is 40.5 Å². The molecule has 0 radical (unpaired) electrons. The van der Waals surface area contributed by atoms with Crippen molar-refractivity contribution in [3.8, 4) is 11.4 Å². The number of nitrogens with zero attached hydrogens (tertiary/aromatic N) is 3. The van der Waals surface area contributed by atoms with Gasteiger partial charge in [0.25, 0.3) is 10.0 Å². The summed E-state index contributed by atoms with van der Waals surface area (Å²) in [6.07, 6.45) is 4.25. The molecular formula is C20H21BrN4O2S. The van der Waals surface area contributed by atoms with Gasteiger partial charge in [0.2, 0.25) is 0 Å². The smallest absolute Gasteiger partial charge is 0.262 e. The molecule has 0 saturated heterocycles. The molecule has 1 aliphatic rings. The van der Waals surface area contributed by atoms with Crippen molar-refractivity contribution in [2.75, 3.05) is 4.72 Å². The second kappa shape index (κ2) is 7.67. The van der Waals surface area contributed by atoms with E-state index in [2.05, 4.69) is 35.4 Å². The summed E-state index contributed by atoms with van der Waals surface area (Å²) in [5.41, 5.74) is 1.92. The molecular weight excluding hydrogens is 440 g/mol. The highest BCUT2D eigenvalue weighted by Crippen LogP contribution is 2.31. The molecule has 28 heavy (non-hydrogen) atoms. The first-order valence-corrected chi connectivity index (χ1v) is 11.5. The van der Waals surface area contributed by atoms with Crippen LogP contribution in [-0.2, 0) is 23.0 Å². The van der Waals surface area contributed by atoms with E-state index in [1.165, 1.54) is 6.42 Å². The summed E-state index contributed by atoms with van der Waals surface area (Å²) in [5.74, 6) is 1.68. The molecule has 8 heteroatoms. The minimum atomic E-state index is -3.75. The lowest BCUT2D eigenvalue weighted by Crippen LogP contribution is -2.15. The first-order chi connectivity index (χ1) is 13.5. The lowest BCUT2D eigenvalue weighted by Gasteiger charge is -2.15. The zero-order chi connectivity index (χ0) is 19.7. The van der Waals surface area contributed by atoms with Gasteiger partial charge in [-0.15, -0.1) is 10.2 Å². The molecule has 1 aliphatic heterocycles. The van der Waals surface area contributed by atoms with Crippen molar-refractivity contribution in [3.05, 3.63) is 58.3 Å². The lowest BCUT2D eigenvalue weighted by molar-refractivity contribution is 0.600. The summed E-state index contributed by atoms with van der Waals surface area (Å²) in [6.45, 7) is 2.63. The van der Waals surface area contributed by atoms with Gasteiger partial charge in [0.1, 0.15) is 5.82 Å². The summed E-state index contributed by atoms with van der Waals surface area (Å²) in [7, 11) is -3.75. The number of halogens is 1. The van der Waals surface area contributed by atoms with Crippen molar-refractivity contribution >= 4 is 31.6 Å². The summed E-state index contributed by atoms with van der Waals surface area (Å²) in [4.78, 5) is 0.247. The van der Waals surface area contributed by atoms with Crippen LogP contribution in [0.25, 0.3) is 11.4 Å². The standard InChI is InChI=1S/C20H21BrN4O2S/c1-14-10-11-15(21)13-18(14)28(26,27)24-17-8-5-4-7-16(17)20-23-22-19-9-3-2-6-12-25(19)20/h4-5,7-8,10-11,13,24H,2-3,6,9,12H2,1H3. The van der Waals surface area contributed by atoms with Gasteiger partial charge >= 0.3 is 0 Å². The summed E-state index contributed by atoms with van der Waals surface area (Å²) in [5, 5.41) is 8.72. The van der Waals surface area contributed by atoms with Gasteiger partial charge in [0.05, 0.1) is 10.6 Å². The maximum atomic E-state index is 13.1. The highest BCUT2D eigenvalue weighted by Gasteiger charge is 2.22. The number of hydrogen-bond acceptors (Lipinski definition) is 4. The summed E-state index contributed by atoms with van der Waals surface area (Å²) in [6, 6.07) is 12.6. The Morgan fingerprint density at radius 2 is 1.89 bits per heavy atom. The van der Waals surface area contributed by atoms with Gasteiger partial charge in [0, 0.05) is 23.0 Å². The van der Waals surface area contributed by atoms with E-state index in [1.54, 1.807) is 25.1 Å². The van der Waals surface area contributed by atoms with Crippen molar-refractivity contribution in [2.45, 2.75) is 44.0 Å². The molecule has 0 unspecified atom stereocenters. The number of aryl methyl sites for hydroxylation is 2. The summed E-state index contributed by atoms with van der Waals surface area (Å²) < 4.78 is 31.7. The van der Waals surface area contributed by atoms with Crippen LogP contribution in [0.3, 0.4) is 0 Å². The molecule has 0 fully saturated rings. The molecule has 2 aromatic carbocycles. The van der Waals surface area contributed by atoms with Crippen molar-refractivity contribution in [3.63, 3.8) is 0 Å². The minimum absolute atomic E-state index is 0.247. The molecule has 0 atom stereocenters. The van der Waals surface area contributed by atoms with Crippen molar-refractivity contribution in [2.24, 2.45) is 0 Å². The monoisotopic (exact) mass is 460 g/mol. The fraction of sp³-hybridized carbons (Fsp3) is 0.300. The van der Waals surface area contributed by atoms with E-state index < -0.39 is 10.0 Å². The van der Waals surface area contributed by atoms with E-state index in [1.807, 2.05) is 24.3 Å². The zero-order valence-corrected chi connectivity index (χ0v) is 17.9. The fourth-order valence-electron chi connectivity index (χ4n) is 3.51. The third kappa shape index (κ3) is 3.71. The molecule has 6 nitrogen and oxygen atoms in total. The number of para-hydroxylation sites is 1. The molecule has 0 amide bonds. The van der Waals surface area contributed by atoms with Crippen LogP contribution in [0.4, 0.5) is 5.69 Å². The number of sulfonamides is 1. The normalized spacial score (nSPS) is 14.4. The second-order valence-corrected chi connectivity index (χ2v) is 9.53. The van der Waals surface area contributed by atoms with E-state index in [0.29, 0.717) is 17.1 Å². The van der Waals surface area contributed by atoms with Crippen molar-refractivity contribution in [1.29, 1.82) is 0 Å². The average Bonchev–Trinajstić information content (AvgIpc) is 2.91. The Labute approximate surface area is 173 Å². The Kier molecular flexibility index (Phi) is 5.25. The Hall–Kier alpha value is -2.19. The molecule has 0 aliphatic carbocycles. The number of aromatic nitrogens is 3. The van der Waals surface area contributed by atoms with E-state index in [-0.39, 0.29) is 4.90 Å². The topological polar surface area (TPSA) is 76.9 Å². The molecule has 1 aromatic heterocycles. The molecule has 146 valence electrons.